The third-order valence-corrected chi connectivity index (χ3v) is 3.19. The van der Waals surface area contributed by atoms with Gasteiger partial charge in [0.05, 0.1) is 0 Å². The van der Waals surface area contributed by atoms with Crippen LogP contribution in [-0.2, 0) is 11.3 Å². The van der Waals surface area contributed by atoms with Gasteiger partial charge in [-0.25, -0.2) is 0 Å². The summed E-state index contributed by atoms with van der Waals surface area (Å²) in [5, 5.41) is 2.86. The predicted octanol–water partition coefficient (Wildman–Crippen LogP) is 1.77. The van der Waals surface area contributed by atoms with Crippen molar-refractivity contribution in [2.75, 3.05) is 6.54 Å². The quantitative estimate of drug-likeness (QED) is 0.900. The monoisotopic (exact) mass is 270 g/mol. The number of amides is 1. The van der Waals surface area contributed by atoms with Crippen molar-refractivity contribution in [3.63, 3.8) is 0 Å². The van der Waals surface area contributed by atoms with Crippen molar-refractivity contribution in [2.45, 2.75) is 19.4 Å². The van der Waals surface area contributed by atoms with E-state index in [-0.39, 0.29) is 23.9 Å². The standard InChI is InChI=1S/C16H18N2O2/c1-13(14-7-3-2-4-8-14)11-17-15(19)12-18-10-6-5-9-16(18)20/h2-10,13H,11-12H2,1H3,(H,17,19)/t13-/m1/s1. The van der Waals surface area contributed by atoms with E-state index >= 15 is 0 Å². The number of rotatable bonds is 5. The van der Waals surface area contributed by atoms with E-state index in [9.17, 15) is 9.59 Å². The van der Waals surface area contributed by atoms with Crippen LogP contribution in [0.3, 0.4) is 0 Å². The van der Waals surface area contributed by atoms with Crippen LogP contribution in [0.4, 0.5) is 0 Å². The minimum Gasteiger partial charge on any atom is -0.354 e. The Hall–Kier alpha value is -2.36. The van der Waals surface area contributed by atoms with Crippen molar-refractivity contribution >= 4 is 5.91 Å². The highest BCUT2D eigenvalue weighted by molar-refractivity contribution is 5.75. The van der Waals surface area contributed by atoms with Crippen LogP contribution in [0.25, 0.3) is 0 Å². The maximum absolute atomic E-state index is 11.8. The van der Waals surface area contributed by atoms with Gasteiger partial charge >= 0.3 is 0 Å². The third kappa shape index (κ3) is 3.82. The molecule has 104 valence electrons. The number of aromatic nitrogens is 1. The van der Waals surface area contributed by atoms with Gasteiger partial charge in [0, 0.05) is 18.8 Å². The van der Waals surface area contributed by atoms with Crippen molar-refractivity contribution < 1.29 is 4.79 Å². The molecule has 0 unspecified atom stereocenters. The topological polar surface area (TPSA) is 51.1 Å². The SMILES string of the molecule is C[C@H](CNC(=O)Cn1ccccc1=O)c1ccccc1. The molecule has 0 aliphatic rings. The van der Waals surface area contributed by atoms with Gasteiger partial charge in [0.25, 0.3) is 5.56 Å². The summed E-state index contributed by atoms with van der Waals surface area (Å²) in [4.78, 5) is 23.3. The van der Waals surface area contributed by atoms with Crippen molar-refractivity contribution in [1.82, 2.24) is 9.88 Å². The lowest BCUT2D eigenvalue weighted by atomic mass is 10.0. The Morgan fingerprint density at radius 3 is 2.55 bits per heavy atom. The van der Waals surface area contributed by atoms with E-state index in [1.807, 2.05) is 30.3 Å². The van der Waals surface area contributed by atoms with E-state index in [0.29, 0.717) is 6.54 Å². The lowest BCUT2D eigenvalue weighted by Gasteiger charge is -2.13. The first-order valence-corrected chi connectivity index (χ1v) is 6.64. The van der Waals surface area contributed by atoms with E-state index in [1.54, 1.807) is 18.3 Å². The Morgan fingerprint density at radius 1 is 1.15 bits per heavy atom. The van der Waals surface area contributed by atoms with Crippen molar-refractivity contribution in [3.05, 3.63) is 70.6 Å². The van der Waals surface area contributed by atoms with Gasteiger partial charge in [-0.3, -0.25) is 9.59 Å². The van der Waals surface area contributed by atoms with Gasteiger partial charge in [0.2, 0.25) is 5.91 Å². The Morgan fingerprint density at radius 2 is 1.85 bits per heavy atom. The highest BCUT2D eigenvalue weighted by Gasteiger charge is 2.08. The molecule has 4 nitrogen and oxygen atoms in total. The molecule has 0 spiro atoms. The molecule has 0 saturated heterocycles. The maximum Gasteiger partial charge on any atom is 0.250 e. The first-order valence-electron chi connectivity index (χ1n) is 6.64. The van der Waals surface area contributed by atoms with Gasteiger partial charge < -0.3 is 9.88 Å². The molecule has 1 atom stereocenters. The van der Waals surface area contributed by atoms with Gasteiger partial charge in [-0.05, 0) is 17.5 Å². The van der Waals surface area contributed by atoms with Gasteiger partial charge in [0.15, 0.2) is 0 Å². The predicted molar refractivity (Wildman–Crippen MR) is 78.6 cm³/mol. The van der Waals surface area contributed by atoms with E-state index in [0.717, 1.165) is 0 Å². The molecule has 2 aromatic rings. The Labute approximate surface area is 118 Å². The lowest BCUT2D eigenvalue weighted by Crippen LogP contribution is -2.33. The number of hydrogen-bond acceptors (Lipinski definition) is 2. The van der Waals surface area contributed by atoms with Gasteiger partial charge in [-0.2, -0.15) is 0 Å². The number of nitrogens with zero attached hydrogens (tertiary/aromatic N) is 1. The molecule has 20 heavy (non-hydrogen) atoms. The van der Waals surface area contributed by atoms with Crippen LogP contribution in [0.15, 0.2) is 59.5 Å². The van der Waals surface area contributed by atoms with Crippen molar-refractivity contribution in [1.29, 1.82) is 0 Å². The van der Waals surface area contributed by atoms with Crippen LogP contribution in [0.5, 0.6) is 0 Å². The highest BCUT2D eigenvalue weighted by Crippen LogP contribution is 2.12. The zero-order valence-electron chi connectivity index (χ0n) is 11.5. The van der Waals surface area contributed by atoms with Crippen LogP contribution < -0.4 is 10.9 Å². The summed E-state index contributed by atoms with van der Waals surface area (Å²) in [6.45, 7) is 2.68. The molecule has 0 bridgehead atoms. The maximum atomic E-state index is 11.8. The second-order valence-electron chi connectivity index (χ2n) is 4.78. The summed E-state index contributed by atoms with van der Waals surface area (Å²) in [7, 11) is 0. The Bertz CT molecular complexity index is 620. The molecule has 1 heterocycles. The molecule has 0 aliphatic heterocycles. The van der Waals surface area contributed by atoms with Crippen LogP contribution in [0, 0.1) is 0 Å². The summed E-state index contributed by atoms with van der Waals surface area (Å²) < 4.78 is 1.39. The average molecular weight is 270 g/mol. The molecule has 1 aromatic heterocycles. The molecule has 0 radical (unpaired) electrons. The van der Waals surface area contributed by atoms with Gasteiger partial charge in [-0.15, -0.1) is 0 Å². The second-order valence-corrected chi connectivity index (χ2v) is 4.78. The molecule has 2 rings (SSSR count). The zero-order chi connectivity index (χ0) is 14.4. The zero-order valence-corrected chi connectivity index (χ0v) is 11.5. The van der Waals surface area contributed by atoms with Crippen molar-refractivity contribution in [2.24, 2.45) is 0 Å². The summed E-state index contributed by atoms with van der Waals surface area (Å²) in [5.41, 5.74) is 1.02. The fourth-order valence-electron chi connectivity index (χ4n) is 1.97. The van der Waals surface area contributed by atoms with E-state index in [1.165, 1.54) is 16.2 Å². The number of benzene rings is 1. The molecule has 1 N–H and O–H groups in total. The van der Waals surface area contributed by atoms with E-state index in [4.69, 9.17) is 0 Å². The molecule has 0 aliphatic carbocycles. The van der Waals surface area contributed by atoms with E-state index < -0.39 is 0 Å². The molecular formula is C16H18N2O2. The second kappa shape index (κ2) is 6.70. The molecule has 0 fully saturated rings. The Balaban J connectivity index is 1.87. The summed E-state index contributed by atoms with van der Waals surface area (Å²) >= 11 is 0. The smallest absolute Gasteiger partial charge is 0.250 e. The highest BCUT2D eigenvalue weighted by atomic mass is 16.2. The summed E-state index contributed by atoms with van der Waals surface area (Å²) in [5.74, 6) is 0.0914. The summed E-state index contributed by atoms with van der Waals surface area (Å²) in [6, 6.07) is 14.9. The largest absolute Gasteiger partial charge is 0.354 e. The Kier molecular flexibility index (Phi) is 4.71. The molecule has 4 heteroatoms. The van der Waals surface area contributed by atoms with E-state index in [2.05, 4.69) is 12.2 Å². The molecular weight excluding hydrogens is 252 g/mol. The van der Waals surface area contributed by atoms with Crippen LogP contribution in [-0.4, -0.2) is 17.0 Å². The van der Waals surface area contributed by atoms with Crippen molar-refractivity contribution in [3.8, 4) is 0 Å². The molecule has 0 saturated carbocycles. The first kappa shape index (κ1) is 14.1. The number of carbonyl (C=O) groups is 1. The number of hydrogen-bond donors (Lipinski definition) is 1. The number of nitrogens with one attached hydrogen (secondary N) is 1. The minimum atomic E-state index is -0.168. The average Bonchev–Trinajstić information content (AvgIpc) is 2.48. The van der Waals surface area contributed by atoms with Crippen LogP contribution >= 0.6 is 0 Å². The third-order valence-electron chi connectivity index (χ3n) is 3.19. The fraction of sp³-hybridized carbons (Fsp3) is 0.250. The number of carbonyl (C=O) groups excluding carboxylic acids is 1. The minimum absolute atomic E-state index is 0.0567. The summed E-state index contributed by atoms with van der Waals surface area (Å²) in [6.07, 6.45) is 1.61. The number of pyridine rings is 1. The normalized spacial score (nSPS) is 11.8. The van der Waals surface area contributed by atoms with Gasteiger partial charge in [0.1, 0.15) is 6.54 Å². The fourth-order valence-corrected chi connectivity index (χ4v) is 1.97. The lowest BCUT2D eigenvalue weighted by molar-refractivity contribution is -0.121. The van der Waals surface area contributed by atoms with Crippen LogP contribution in [0.2, 0.25) is 0 Å². The molecule has 1 aromatic carbocycles. The molecule has 1 amide bonds. The first-order chi connectivity index (χ1) is 9.66. The van der Waals surface area contributed by atoms with Crippen LogP contribution in [0.1, 0.15) is 18.4 Å². The van der Waals surface area contributed by atoms with Gasteiger partial charge in [-0.1, -0.05) is 43.3 Å².